The maximum atomic E-state index is 5.83. The van der Waals surface area contributed by atoms with E-state index in [1.807, 2.05) is 6.07 Å². The predicted octanol–water partition coefficient (Wildman–Crippen LogP) is 5.54. The van der Waals surface area contributed by atoms with Crippen molar-refractivity contribution in [2.45, 2.75) is 77.2 Å². The smallest absolute Gasteiger partial charge is 0.123 e. The lowest BCUT2D eigenvalue weighted by molar-refractivity contribution is 0.202. The van der Waals surface area contributed by atoms with Gasteiger partial charge in [-0.1, -0.05) is 64.0 Å². The van der Waals surface area contributed by atoms with Crippen molar-refractivity contribution in [1.29, 1.82) is 0 Å². The first kappa shape index (κ1) is 17.3. The first-order valence-electron chi connectivity index (χ1n) is 9.07. The van der Waals surface area contributed by atoms with Crippen LogP contribution in [0.15, 0.2) is 24.3 Å². The van der Waals surface area contributed by atoms with Gasteiger partial charge in [0.1, 0.15) is 18.0 Å². The van der Waals surface area contributed by atoms with Gasteiger partial charge in [0.15, 0.2) is 0 Å². The predicted molar refractivity (Wildman–Crippen MR) is 92.6 cm³/mol. The average Bonchev–Trinajstić information content (AvgIpc) is 3.27. The highest BCUT2D eigenvalue weighted by Crippen LogP contribution is 2.27. The molecule has 0 amide bonds. The van der Waals surface area contributed by atoms with Gasteiger partial charge < -0.3 is 9.47 Å². The van der Waals surface area contributed by atoms with Gasteiger partial charge in [0.25, 0.3) is 0 Å². The Morgan fingerprint density at radius 2 is 1.73 bits per heavy atom. The van der Waals surface area contributed by atoms with Gasteiger partial charge in [0.05, 0.1) is 6.61 Å². The molecule has 0 N–H and O–H groups in total. The number of hydrogen-bond acceptors (Lipinski definition) is 2. The van der Waals surface area contributed by atoms with Gasteiger partial charge in [-0.25, -0.2) is 0 Å². The summed E-state index contributed by atoms with van der Waals surface area (Å²) in [5, 5.41) is 0. The SMILES string of the molecule is CCCCCCCCCCc1cccc(OCC2(C)CO2)c1. The van der Waals surface area contributed by atoms with E-state index in [0.717, 1.165) is 12.4 Å². The number of benzene rings is 1. The Kier molecular flexibility index (Phi) is 7.24. The molecule has 1 heterocycles. The fourth-order valence-electron chi connectivity index (χ4n) is 2.70. The number of rotatable bonds is 12. The van der Waals surface area contributed by atoms with Gasteiger partial charge in [-0.15, -0.1) is 0 Å². The van der Waals surface area contributed by atoms with Crippen molar-refractivity contribution >= 4 is 0 Å². The standard InChI is InChI=1S/C20H32O2/c1-3-4-5-6-7-8-9-10-12-18-13-11-14-19(15-18)21-16-20(2)17-22-20/h11,13-15H,3-10,12,16-17H2,1-2H3. The zero-order valence-electron chi connectivity index (χ0n) is 14.4. The van der Waals surface area contributed by atoms with Gasteiger partial charge >= 0.3 is 0 Å². The largest absolute Gasteiger partial charge is 0.490 e. The van der Waals surface area contributed by atoms with Crippen LogP contribution < -0.4 is 4.74 Å². The van der Waals surface area contributed by atoms with E-state index in [-0.39, 0.29) is 5.60 Å². The molecule has 0 bridgehead atoms. The van der Waals surface area contributed by atoms with Gasteiger partial charge in [-0.2, -0.15) is 0 Å². The number of ether oxygens (including phenoxy) is 2. The van der Waals surface area contributed by atoms with E-state index in [0.29, 0.717) is 6.61 Å². The Morgan fingerprint density at radius 1 is 1.05 bits per heavy atom. The molecule has 2 nitrogen and oxygen atoms in total. The average molecular weight is 304 g/mol. The summed E-state index contributed by atoms with van der Waals surface area (Å²) >= 11 is 0. The minimum atomic E-state index is -0.0339. The van der Waals surface area contributed by atoms with Gasteiger partial charge in [-0.3, -0.25) is 0 Å². The number of unbranched alkanes of at least 4 members (excludes halogenated alkanes) is 7. The van der Waals surface area contributed by atoms with Crippen LogP contribution in [0, 0.1) is 0 Å². The van der Waals surface area contributed by atoms with Crippen LogP contribution in [0.4, 0.5) is 0 Å². The molecule has 1 aliphatic rings. The van der Waals surface area contributed by atoms with E-state index in [9.17, 15) is 0 Å². The lowest BCUT2D eigenvalue weighted by atomic mass is 10.0. The monoisotopic (exact) mass is 304 g/mol. The molecule has 0 saturated carbocycles. The molecule has 0 aliphatic carbocycles. The highest BCUT2D eigenvalue weighted by molar-refractivity contribution is 5.28. The maximum Gasteiger partial charge on any atom is 0.123 e. The first-order chi connectivity index (χ1) is 10.7. The molecule has 1 fully saturated rings. The van der Waals surface area contributed by atoms with Crippen LogP contribution in [0.2, 0.25) is 0 Å². The summed E-state index contributed by atoms with van der Waals surface area (Å²) in [5.41, 5.74) is 1.36. The molecule has 1 aromatic rings. The second-order valence-electron chi connectivity index (χ2n) is 6.90. The Balaban J connectivity index is 1.57. The van der Waals surface area contributed by atoms with Crippen molar-refractivity contribution in [1.82, 2.24) is 0 Å². The summed E-state index contributed by atoms with van der Waals surface area (Å²) in [6.07, 6.45) is 12.2. The molecule has 1 aliphatic heterocycles. The normalized spacial score (nSPS) is 20.1. The van der Waals surface area contributed by atoms with E-state index in [1.54, 1.807) is 0 Å². The molecule has 2 rings (SSSR count). The Hall–Kier alpha value is -1.02. The first-order valence-corrected chi connectivity index (χ1v) is 9.07. The number of epoxide rings is 1. The summed E-state index contributed by atoms with van der Waals surface area (Å²) < 4.78 is 11.2. The van der Waals surface area contributed by atoms with Gasteiger partial charge in [0, 0.05) is 0 Å². The quantitative estimate of drug-likeness (QED) is 0.373. The van der Waals surface area contributed by atoms with E-state index in [4.69, 9.17) is 9.47 Å². The summed E-state index contributed by atoms with van der Waals surface area (Å²) in [4.78, 5) is 0. The molecule has 1 unspecified atom stereocenters. The third kappa shape index (κ3) is 6.83. The van der Waals surface area contributed by atoms with Gasteiger partial charge in [0.2, 0.25) is 0 Å². The summed E-state index contributed by atoms with van der Waals surface area (Å²) in [5.74, 6) is 0.980. The van der Waals surface area contributed by atoms with Crippen molar-refractivity contribution < 1.29 is 9.47 Å². The lowest BCUT2D eigenvalue weighted by Gasteiger charge is -2.10. The second-order valence-corrected chi connectivity index (χ2v) is 6.90. The van der Waals surface area contributed by atoms with E-state index in [1.165, 1.54) is 63.4 Å². The second kappa shape index (κ2) is 9.19. The van der Waals surface area contributed by atoms with E-state index >= 15 is 0 Å². The zero-order valence-corrected chi connectivity index (χ0v) is 14.4. The fourth-order valence-corrected chi connectivity index (χ4v) is 2.70. The number of aryl methyl sites for hydroxylation is 1. The minimum Gasteiger partial charge on any atom is -0.490 e. The third-order valence-electron chi connectivity index (χ3n) is 4.40. The topological polar surface area (TPSA) is 21.8 Å². The van der Waals surface area contributed by atoms with Crippen LogP contribution in [0.5, 0.6) is 5.75 Å². The van der Waals surface area contributed by atoms with Crippen molar-refractivity contribution in [2.75, 3.05) is 13.2 Å². The van der Waals surface area contributed by atoms with Crippen LogP contribution in [-0.4, -0.2) is 18.8 Å². The van der Waals surface area contributed by atoms with Crippen LogP contribution in [-0.2, 0) is 11.2 Å². The maximum absolute atomic E-state index is 5.83. The van der Waals surface area contributed by atoms with E-state index < -0.39 is 0 Å². The molecule has 0 spiro atoms. The molecule has 1 aromatic carbocycles. The molecule has 124 valence electrons. The van der Waals surface area contributed by atoms with Crippen molar-refractivity contribution in [3.63, 3.8) is 0 Å². The van der Waals surface area contributed by atoms with Crippen molar-refractivity contribution in [2.24, 2.45) is 0 Å². The lowest BCUT2D eigenvalue weighted by Crippen LogP contribution is -2.16. The van der Waals surface area contributed by atoms with Crippen LogP contribution in [0.1, 0.15) is 70.8 Å². The van der Waals surface area contributed by atoms with Crippen LogP contribution in [0.25, 0.3) is 0 Å². The molecule has 0 aromatic heterocycles. The Labute approximate surface area is 136 Å². The number of hydrogen-bond donors (Lipinski definition) is 0. The minimum absolute atomic E-state index is 0.0339. The fraction of sp³-hybridized carbons (Fsp3) is 0.700. The van der Waals surface area contributed by atoms with E-state index in [2.05, 4.69) is 32.0 Å². The highest BCUT2D eigenvalue weighted by Gasteiger charge is 2.40. The molecular weight excluding hydrogens is 272 g/mol. The third-order valence-corrected chi connectivity index (χ3v) is 4.40. The Morgan fingerprint density at radius 3 is 2.41 bits per heavy atom. The van der Waals surface area contributed by atoms with Crippen molar-refractivity contribution in [3.05, 3.63) is 29.8 Å². The molecule has 0 radical (unpaired) electrons. The Bertz CT molecular complexity index is 423. The highest BCUT2D eigenvalue weighted by atomic mass is 16.6. The summed E-state index contributed by atoms with van der Waals surface area (Å²) in [6, 6.07) is 8.55. The summed E-state index contributed by atoms with van der Waals surface area (Å²) in [6.45, 7) is 5.85. The molecule has 2 heteroatoms. The zero-order chi connectivity index (χ0) is 15.7. The molecule has 22 heavy (non-hydrogen) atoms. The molecule has 1 atom stereocenters. The molecular formula is C20H32O2. The van der Waals surface area contributed by atoms with Gasteiger partial charge in [-0.05, 0) is 37.5 Å². The van der Waals surface area contributed by atoms with Crippen LogP contribution >= 0.6 is 0 Å². The summed E-state index contributed by atoms with van der Waals surface area (Å²) in [7, 11) is 0. The van der Waals surface area contributed by atoms with Crippen LogP contribution in [0.3, 0.4) is 0 Å². The van der Waals surface area contributed by atoms with Crippen molar-refractivity contribution in [3.8, 4) is 5.75 Å². The molecule has 1 saturated heterocycles.